The Morgan fingerprint density at radius 3 is 2.79 bits per heavy atom. The Kier molecular flexibility index (Phi) is 4.21. The van der Waals surface area contributed by atoms with Crippen LogP contribution in [0.5, 0.6) is 0 Å². The summed E-state index contributed by atoms with van der Waals surface area (Å²) in [5, 5.41) is 11.5. The highest BCUT2D eigenvalue weighted by Crippen LogP contribution is 2.27. The molecule has 1 aliphatic rings. The molecule has 0 spiro atoms. The molecule has 1 fully saturated rings. The van der Waals surface area contributed by atoms with Crippen LogP contribution < -0.4 is 5.32 Å². The van der Waals surface area contributed by atoms with E-state index in [-0.39, 0.29) is 17.6 Å². The second-order valence-corrected chi connectivity index (χ2v) is 4.64. The fourth-order valence-electron chi connectivity index (χ4n) is 2.43. The first-order chi connectivity index (χ1) is 9.11. The Morgan fingerprint density at radius 2 is 2.16 bits per heavy atom. The number of nitrogens with one attached hydrogen (secondary N) is 1. The Balaban J connectivity index is 1.88. The molecule has 0 aromatic carbocycles. The third kappa shape index (κ3) is 3.14. The first-order valence-electron chi connectivity index (χ1n) is 6.26. The maximum atomic E-state index is 11.8. The van der Waals surface area contributed by atoms with E-state index in [1.807, 2.05) is 0 Å². The van der Waals surface area contributed by atoms with Crippen molar-refractivity contribution in [3.05, 3.63) is 23.7 Å². The number of carbonyl (C=O) groups is 2. The lowest BCUT2D eigenvalue weighted by molar-refractivity contribution is 0.0655. The Hall–Kier alpha value is -1.82. The van der Waals surface area contributed by atoms with Crippen molar-refractivity contribution in [2.45, 2.75) is 25.4 Å². The zero-order valence-electron chi connectivity index (χ0n) is 10.7. The molecular formula is C13H17NO5. The summed E-state index contributed by atoms with van der Waals surface area (Å²) in [6.45, 7) is 0.514. The third-order valence-electron chi connectivity index (χ3n) is 3.46. The van der Waals surface area contributed by atoms with Crippen LogP contribution in [0.3, 0.4) is 0 Å². The van der Waals surface area contributed by atoms with E-state index in [2.05, 4.69) is 5.32 Å². The minimum Gasteiger partial charge on any atom is -0.475 e. The number of ether oxygens (including phenoxy) is 1. The number of methoxy groups -OCH3 is 1. The number of amides is 1. The second kappa shape index (κ2) is 5.88. The molecule has 0 aliphatic heterocycles. The summed E-state index contributed by atoms with van der Waals surface area (Å²) in [6, 6.07) is 2.63. The molecule has 1 aromatic rings. The molecule has 2 rings (SSSR count). The normalized spacial score (nSPS) is 22.4. The van der Waals surface area contributed by atoms with E-state index in [0.717, 1.165) is 19.3 Å². The Bertz CT molecular complexity index is 467. The molecule has 0 radical (unpaired) electrons. The van der Waals surface area contributed by atoms with E-state index in [4.69, 9.17) is 14.3 Å². The highest BCUT2D eigenvalue weighted by molar-refractivity contribution is 5.93. The molecule has 1 heterocycles. The molecule has 1 aromatic heterocycles. The molecule has 19 heavy (non-hydrogen) atoms. The van der Waals surface area contributed by atoms with Gasteiger partial charge in [-0.05, 0) is 25.0 Å². The van der Waals surface area contributed by atoms with Crippen molar-refractivity contribution in [1.29, 1.82) is 0 Å². The molecule has 1 aliphatic carbocycles. The van der Waals surface area contributed by atoms with Crippen LogP contribution in [0.4, 0.5) is 0 Å². The van der Waals surface area contributed by atoms with Gasteiger partial charge in [0.15, 0.2) is 5.76 Å². The fraction of sp³-hybridized carbons (Fsp3) is 0.538. The van der Waals surface area contributed by atoms with Crippen molar-refractivity contribution in [3.8, 4) is 0 Å². The minimum absolute atomic E-state index is 0.0179. The molecule has 6 nitrogen and oxygen atoms in total. The van der Waals surface area contributed by atoms with Gasteiger partial charge in [-0.15, -0.1) is 0 Å². The van der Waals surface area contributed by atoms with E-state index in [1.165, 1.54) is 12.1 Å². The van der Waals surface area contributed by atoms with Gasteiger partial charge in [0.05, 0.1) is 6.10 Å². The Labute approximate surface area is 110 Å². The third-order valence-corrected chi connectivity index (χ3v) is 3.46. The summed E-state index contributed by atoms with van der Waals surface area (Å²) in [7, 11) is 1.68. The number of carboxylic acids is 1. The molecule has 1 saturated carbocycles. The van der Waals surface area contributed by atoms with E-state index in [0.29, 0.717) is 12.5 Å². The zero-order chi connectivity index (χ0) is 13.8. The van der Waals surface area contributed by atoms with Crippen LogP contribution in [0.25, 0.3) is 0 Å². The highest BCUT2D eigenvalue weighted by Gasteiger charge is 2.27. The standard InChI is InChI=1S/C13H17NO5/c1-18-9-4-2-3-8(9)7-14-12(15)10-5-6-11(19-10)13(16)17/h5-6,8-9H,2-4,7H2,1H3,(H,14,15)(H,16,17). The van der Waals surface area contributed by atoms with Crippen LogP contribution in [0, 0.1) is 5.92 Å². The van der Waals surface area contributed by atoms with Crippen LogP contribution in [-0.2, 0) is 4.74 Å². The van der Waals surface area contributed by atoms with Crippen LogP contribution in [0.1, 0.15) is 40.4 Å². The van der Waals surface area contributed by atoms with Gasteiger partial charge in [0.25, 0.3) is 5.91 Å². The molecule has 2 atom stereocenters. The van der Waals surface area contributed by atoms with Gasteiger partial charge in [-0.2, -0.15) is 0 Å². The van der Waals surface area contributed by atoms with Crippen LogP contribution >= 0.6 is 0 Å². The number of hydrogen-bond donors (Lipinski definition) is 2. The Morgan fingerprint density at radius 1 is 1.42 bits per heavy atom. The molecule has 2 unspecified atom stereocenters. The second-order valence-electron chi connectivity index (χ2n) is 4.64. The molecular weight excluding hydrogens is 250 g/mol. The summed E-state index contributed by atoms with van der Waals surface area (Å²) in [6.07, 6.45) is 3.33. The summed E-state index contributed by atoms with van der Waals surface area (Å²) >= 11 is 0. The van der Waals surface area contributed by atoms with E-state index < -0.39 is 11.9 Å². The topological polar surface area (TPSA) is 88.8 Å². The first-order valence-corrected chi connectivity index (χ1v) is 6.26. The number of carbonyl (C=O) groups excluding carboxylic acids is 1. The van der Waals surface area contributed by atoms with Crippen molar-refractivity contribution in [3.63, 3.8) is 0 Å². The average molecular weight is 267 g/mol. The van der Waals surface area contributed by atoms with Crippen LogP contribution in [0.2, 0.25) is 0 Å². The smallest absolute Gasteiger partial charge is 0.371 e. The van der Waals surface area contributed by atoms with Crippen LogP contribution in [-0.4, -0.2) is 36.7 Å². The SMILES string of the molecule is COC1CCCC1CNC(=O)c1ccc(C(=O)O)o1. The van der Waals surface area contributed by atoms with Crippen molar-refractivity contribution in [2.24, 2.45) is 5.92 Å². The average Bonchev–Trinajstić information content (AvgIpc) is 3.04. The van der Waals surface area contributed by atoms with Crippen molar-refractivity contribution in [2.75, 3.05) is 13.7 Å². The molecule has 1 amide bonds. The number of rotatable bonds is 5. The highest BCUT2D eigenvalue weighted by atomic mass is 16.5. The molecule has 2 N–H and O–H groups in total. The zero-order valence-corrected chi connectivity index (χ0v) is 10.7. The molecule has 0 saturated heterocycles. The lowest BCUT2D eigenvalue weighted by Gasteiger charge is -2.18. The maximum absolute atomic E-state index is 11.8. The largest absolute Gasteiger partial charge is 0.475 e. The molecule has 0 bridgehead atoms. The number of furan rings is 1. The van der Waals surface area contributed by atoms with Gasteiger partial charge in [0, 0.05) is 19.6 Å². The van der Waals surface area contributed by atoms with Gasteiger partial charge in [-0.1, -0.05) is 6.42 Å². The van der Waals surface area contributed by atoms with Gasteiger partial charge in [-0.25, -0.2) is 4.79 Å². The molecule has 6 heteroatoms. The predicted molar refractivity (Wildman–Crippen MR) is 66.1 cm³/mol. The van der Waals surface area contributed by atoms with E-state index in [1.54, 1.807) is 7.11 Å². The quantitative estimate of drug-likeness (QED) is 0.844. The summed E-state index contributed by atoms with van der Waals surface area (Å²) in [4.78, 5) is 22.4. The van der Waals surface area contributed by atoms with Gasteiger partial charge in [0.1, 0.15) is 0 Å². The predicted octanol–water partition coefficient (Wildman–Crippen LogP) is 1.52. The maximum Gasteiger partial charge on any atom is 0.371 e. The lowest BCUT2D eigenvalue weighted by atomic mass is 10.1. The van der Waals surface area contributed by atoms with Gasteiger partial charge >= 0.3 is 5.97 Å². The number of carboxylic acid groups (broad SMARTS) is 1. The van der Waals surface area contributed by atoms with Crippen LogP contribution in [0.15, 0.2) is 16.5 Å². The van der Waals surface area contributed by atoms with Gasteiger partial charge < -0.3 is 19.6 Å². The monoisotopic (exact) mass is 267 g/mol. The van der Waals surface area contributed by atoms with E-state index >= 15 is 0 Å². The summed E-state index contributed by atoms with van der Waals surface area (Å²) in [5.41, 5.74) is 0. The van der Waals surface area contributed by atoms with Crippen molar-refractivity contribution in [1.82, 2.24) is 5.32 Å². The van der Waals surface area contributed by atoms with Gasteiger partial charge in [0.2, 0.25) is 5.76 Å². The van der Waals surface area contributed by atoms with Crippen molar-refractivity contribution >= 4 is 11.9 Å². The van der Waals surface area contributed by atoms with E-state index in [9.17, 15) is 9.59 Å². The van der Waals surface area contributed by atoms with Gasteiger partial charge in [-0.3, -0.25) is 4.79 Å². The fourth-order valence-corrected chi connectivity index (χ4v) is 2.43. The number of aromatic carboxylic acids is 1. The summed E-state index contributed by atoms with van der Waals surface area (Å²) < 4.78 is 10.3. The lowest BCUT2D eigenvalue weighted by Crippen LogP contribution is -2.32. The van der Waals surface area contributed by atoms with Crippen molar-refractivity contribution < 1.29 is 23.8 Å². The summed E-state index contributed by atoms with van der Waals surface area (Å²) in [5.74, 6) is -1.49. The molecule has 104 valence electrons. The minimum atomic E-state index is -1.19. The first kappa shape index (κ1) is 13.6. The number of hydrogen-bond acceptors (Lipinski definition) is 4.